The van der Waals surface area contributed by atoms with Crippen LogP contribution < -0.4 is 14.8 Å². The number of ether oxygens (including phenoxy) is 2. The van der Waals surface area contributed by atoms with Gasteiger partial charge in [-0.25, -0.2) is 0 Å². The van der Waals surface area contributed by atoms with Gasteiger partial charge in [0, 0.05) is 12.1 Å². The van der Waals surface area contributed by atoms with Gasteiger partial charge in [-0.2, -0.15) is 0 Å². The molecule has 0 aliphatic rings. The molecular formula is C12H16ClNO4. The number of carbonyl (C=O) groups excluding carboxylic acids is 1. The van der Waals surface area contributed by atoms with Gasteiger partial charge in [0.15, 0.2) is 0 Å². The third-order valence-electron chi connectivity index (χ3n) is 2.41. The number of nitrogens with one attached hydrogen (secondary N) is 1. The zero-order valence-corrected chi connectivity index (χ0v) is 11.0. The Morgan fingerprint density at radius 3 is 2.72 bits per heavy atom. The van der Waals surface area contributed by atoms with Gasteiger partial charge in [-0.15, -0.1) is 11.6 Å². The van der Waals surface area contributed by atoms with E-state index in [0.717, 1.165) is 0 Å². The number of methoxy groups -OCH3 is 2. The van der Waals surface area contributed by atoms with Gasteiger partial charge in [0.1, 0.15) is 17.4 Å². The maximum Gasteiger partial charge on any atom is 0.235 e. The lowest BCUT2D eigenvalue weighted by molar-refractivity contribution is -0.119. The van der Waals surface area contributed by atoms with Gasteiger partial charge in [0.2, 0.25) is 5.91 Å². The minimum atomic E-state index is -0.887. The molecule has 100 valence electrons. The summed E-state index contributed by atoms with van der Waals surface area (Å²) in [6.45, 7) is 0.0646. The van der Waals surface area contributed by atoms with Crippen LogP contribution in [0.5, 0.6) is 11.5 Å². The van der Waals surface area contributed by atoms with Crippen LogP contribution in [0.15, 0.2) is 18.2 Å². The third kappa shape index (κ3) is 3.78. The summed E-state index contributed by atoms with van der Waals surface area (Å²) in [6.07, 6.45) is -0.887. The van der Waals surface area contributed by atoms with Crippen molar-refractivity contribution in [2.45, 2.75) is 6.10 Å². The smallest absolute Gasteiger partial charge is 0.235 e. The highest BCUT2D eigenvalue weighted by atomic mass is 35.5. The number of rotatable bonds is 6. The number of aliphatic hydroxyl groups excluding tert-OH is 1. The molecule has 6 heteroatoms. The van der Waals surface area contributed by atoms with Crippen molar-refractivity contribution >= 4 is 17.5 Å². The molecule has 0 fully saturated rings. The first kappa shape index (κ1) is 14.6. The van der Waals surface area contributed by atoms with Crippen molar-refractivity contribution < 1.29 is 19.4 Å². The van der Waals surface area contributed by atoms with E-state index >= 15 is 0 Å². The molecule has 5 nitrogen and oxygen atoms in total. The van der Waals surface area contributed by atoms with Crippen LogP contribution in [0.2, 0.25) is 0 Å². The zero-order chi connectivity index (χ0) is 13.5. The van der Waals surface area contributed by atoms with Crippen molar-refractivity contribution in [1.82, 2.24) is 5.32 Å². The molecule has 0 radical (unpaired) electrons. The number of amides is 1. The molecule has 0 bridgehead atoms. The van der Waals surface area contributed by atoms with Crippen molar-refractivity contribution in [2.24, 2.45) is 0 Å². The van der Waals surface area contributed by atoms with E-state index in [2.05, 4.69) is 5.32 Å². The Balaban J connectivity index is 2.82. The first-order valence-electron chi connectivity index (χ1n) is 5.35. The first-order chi connectivity index (χ1) is 8.62. The quantitative estimate of drug-likeness (QED) is 0.762. The number of carbonyl (C=O) groups is 1. The second-order valence-corrected chi connectivity index (χ2v) is 3.83. The minimum absolute atomic E-state index is 0.0646. The van der Waals surface area contributed by atoms with Gasteiger partial charge in [0.25, 0.3) is 0 Å². The summed E-state index contributed by atoms with van der Waals surface area (Å²) in [5, 5.41) is 12.5. The molecule has 2 N–H and O–H groups in total. The van der Waals surface area contributed by atoms with Crippen molar-refractivity contribution in [3.63, 3.8) is 0 Å². The Bertz CT molecular complexity index is 411. The minimum Gasteiger partial charge on any atom is -0.497 e. The standard InChI is InChI=1S/C12H16ClNO4/c1-17-8-3-4-11(18-2)9(5-8)10(15)7-14-12(16)6-13/h3-5,10,15H,6-7H2,1-2H3,(H,14,16). The molecule has 0 aromatic heterocycles. The van der Waals surface area contributed by atoms with Gasteiger partial charge >= 0.3 is 0 Å². The van der Waals surface area contributed by atoms with Crippen molar-refractivity contribution in [1.29, 1.82) is 0 Å². The third-order valence-corrected chi connectivity index (χ3v) is 2.65. The molecule has 0 saturated heterocycles. The van der Waals surface area contributed by atoms with Crippen LogP contribution in [-0.2, 0) is 4.79 Å². The molecule has 1 amide bonds. The average molecular weight is 274 g/mol. The molecule has 18 heavy (non-hydrogen) atoms. The summed E-state index contributed by atoms with van der Waals surface area (Å²) >= 11 is 5.35. The number of alkyl halides is 1. The maximum absolute atomic E-state index is 11.0. The van der Waals surface area contributed by atoms with Crippen LogP contribution in [0.25, 0.3) is 0 Å². The number of halogens is 1. The molecular weight excluding hydrogens is 258 g/mol. The Morgan fingerprint density at radius 2 is 2.17 bits per heavy atom. The molecule has 1 unspecified atom stereocenters. The number of hydrogen-bond acceptors (Lipinski definition) is 4. The topological polar surface area (TPSA) is 67.8 Å². The van der Waals surface area contributed by atoms with Crippen LogP contribution in [0.1, 0.15) is 11.7 Å². The van der Waals surface area contributed by atoms with E-state index in [-0.39, 0.29) is 18.3 Å². The predicted molar refractivity (Wildman–Crippen MR) is 68.2 cm³/mol. The molecule has 1 rings (SSSR count). The summed E-state index contributed by atoms with van der Waals surface area (Å²) in [5.74, 6) is 0.664. The summed E-state index contributed by atoms with van der Waals surface area (Å²) in [4.78, 5) is 11.0. The van der Waals surface area contributed by atoms with Gasteiger partial charge in [-0.1, -0.05) is 0 Å². The lowest BCUT2D eigenvalue weighted by Gasteiger charge is -2.16. The van der Waals surface area contributed by atoms with Gasteiger partial charge in [0.05, 0.1) is 20.3 Å². The normalized spacial score (nSPS) is 11.8. The maximum atomic E-state index is 11.0. The van der Waals surface area contributed by atoms with E-state index in [9.17, 15) is 9.90 Å². The van der Waals surface area contributed by atoms with E-state index in [4.69, 9.17) is 21.1 Å². The summed E-state index contributed by atoms with van der Waals surface area (Å²) in [7, 11) is 3.04. The van der Waals surface area contributed by atoms with Crippen molar-refractivity contribution in [3.05, 3.63) is 23.8 Å². The predicted octanol–water partition coefficient (Wildman–Crippen LogP) is 1.09. The fourth-order valence-electron chi connectivity index (χ4n) is 1.47. The molecule has 0 aliphatic carbocycles. The monoisotopic (exact) mass is 273 g/mol. The SMILES string of the molecule is COc1ccc(OC)c(C(O)CNC(=O)CCl)c1. The summed E-state index contributed by atoms with van der Waals surface area (Å²) in [5.41, 5.74) is 0.548. The molecule has 1 aromatic rings. The second kappa shape index (κ2) is 7.08. The van der Waals surface area contributed by atoms with E-state index < -0.39 is 6.10 Å². The Kier molecular flexibility index (Phi) is 5.74. The van der Waals surface area contributed by atoms with Crippen molar-refractivity contribution in [3.8, 4) is 11.5 Å². The van der Waals surface area contributed by atoms with E-state index in [1.807, 2.05) is 0 Å². The number of aliphatic hydroxyl groups is 1. The van der Waals surface area contributed by atoms with E-state index in [1.165, 1.54) is 14.2 Å². The lowest BCUT2D eigenvalue weighted by Crippen LogP contribution is -2.29. The van der Waals surface area contributed by atoms with Crippen LogP contribution >= 0.6 is 11.6 Å². The fourth-order valence-corrected chi connectivity index (χ4v) is 1.56. The van der Waals surface area contributed by atoms with Crippen molar-refractivity contribution in [2.75, 3.05) is 26.6 Å². The Hall–Kier alpha value is -1.46. The molecule has 0 saturated carbocycles. The fraction of sp³-hybridized carbons (Fsp3) is 0.417. The van der Waals surface area contributed by atoms with Crippen LogP contribution in [0.3, 0.4) is 0 Å². The number of hydrogen-bond donors (Lipinski definition) is 2. The summed E-state index contributed by atoms with van der Waals surface area (Å²) < 4.78 is 10.2. The lowest BCUT2D eigenvalue weighted by atomic mass is 10.1. The van der Waals surface area contributed by atoms with E-state index in [0.29, 0.717) is 17.1 Å². The van der Waals surface area contributed by atoms with Gasteiger partial charge in [-0.05, 0) is 18.2 Å². The van der Waals surface area contributed by atoms with Crippen LogP contribution in [0, 0.1) is 0 Å². The highest BCUT2D eigenvalue weighted by Crippen LogP contribution is 2.28. The average Bonchev–Trinajstić information content (AvgIpc) is 2.43. The Morgan fingerprint density at radius 1 is 1.44 bits per heavy atom. The second-order valence-electron chi connectivity index (χ2n) is 3.56. The first-order valence-corrected chi connectivity index (χ1v) is 5.88. The highest BCUT2D eigenvalue weighted by molar-refractivity contribution is 6.27. The van der Waals surface area contributed by atoms with Crippen LogP contribution in [-0.4, -0.2) is 37.7 Å². The number of benzene rings is 1. The van der Waals surface area contributed by atoms with Gasteiger partial charge in [-0.3, -0.25) is 4.79 Å². The van der Waals surface area contributed by atoms with E-state index in [1.54, 1.807) is 18.2 Å². The molecule has 0 heterocycles. The van der Waals surface area contributed by atoms with Gasteiger partial charge < -0.3 is 19.9 Å². The molecule has 1 atom stereocenters. The highest BCUT2D eigenvalue weighted by Gasteiger charge is 2.15. The summed E-state index contributed by atoms with van der Waals surface area (Å²) in [6, 6.07) is 5.09. The molecule has 0 aliphatic heterocycles. The Labute approximate surface area is 111 Å². The molecule has 1 aromatic carbocycles. The largest absolute Gasteiger partial charge is 0.497 e. The van der Waals surface area contributed by atoms with Crippen LogP contribution in [0.4, 0.5) is 0 Å². The molecule has 0 spiro atoms. The zero-order valence-electron chi connectivity index (χ0n) is 10.3.